The summed E-state index contributed by atoms with van der Waals surface area (Å²) in [6.07, 6.45) is 4.08. The molecule has 4 rings (SSSR count). The van der Waals surface area contributed by atoms with Crippen LogP contribution in [-0.4, -0.2) is 48.1 Å². The van der Waals surface area contributed by atoms with Gasteiger partial charge in [0, 0.05) is 36.3 Å². The van der Waals surface area contributed by atoms with Crippen LogP contribution in [0.15, 0.2) is 60.7 Å². The lowest BCUT2D eigenvalue weighted by atomic mass is 9.91. The zero-order chi connectivity index (χ0) is 28.8. The Morgan fingerprint density at radius 2 is 1.52 bits per heavy atom. The number of aromatic hydroxyl groups is 1. The number of aromatic amines is 1. The predicted octanol–water partition coefficient (Wildman–Crippen LogP) is 7.64. The lowest BCUT2D eigenvalue weighted by Crippen LogP contribution is -2.21. The van der Waals surface area contributed by atoms with Crippen LogP contribution in [0.1, 0.15) is 85.0 Å². The van der Waals surface area contributed by atoms with Gasteiger partial charge in [-0.15, -0.1) is 0 Å². The van der Waals surface area contributed by atoms with E-state index in [1.807, 2.05) is 24.3 Å². The number of unbranched alkanes of at least 4 members (excludes halogenated alkanes) is 1. The molecule has 3 N–H and O–H groups in total. The van der Waals surface area contributed by atoms with E-state index in [1.54, 1.807) is 31.1 Å². The molecule has 0 bridgehead atoms. The first-order valence-corrected chi connectivity index (χ1v) is 14.6. The Bertz CT molecular complexity index is 1410. The first-order valence-electron chi connectivity index (χ1n) is 14.6. The van der Waals surface area contributed by atoms with Crippen molar-refractivity contribution < 1.29 is 9.90 Å². The van der Waals surface area contributed by atoms with Crippen molar-refractivity contribution in [3.63, 3.8) is 0 Å². The third kappa shape index (κ3) is 7.14. The SMILES string of the molecule is CC(C)c1cc(-c2[nH]c3ccc(C(=O)N(C)C)cc3c2CCNCCCCc2ccc(O)cc2)cc(C(C)C)c1. The van der Waals surface area contributed by atoms with E-state index < -0.39 is 0 Å². The Morgan fingerprint density at radius 3 is 2.15 bits per heavy atom. The fourth-order valence-electron chi connectivity index (χ4n) is 5.21. The summed E-state index contributed by atoms with van der Waals surface area (Å²) in [5, 5.41) is 14.2. The molecular weight excluding hydrogens is 494 g/mol. The number of aryl methyl sites for hydroxylation is 1. The topological polar surface area (TPSA) is 68.4 Å². The van der Waals surface area contributed by atoms with Crippen molar-refractivity contribution in [2.45, 2.75) is 65.2 Å². The van der Waals surface area contributed by atoms with Gasteiger partial charge in [-0.1, -0.05) is 45.9 Å². The number of nitrogens with zero attached hydrogens (tertiary/aromatic N) is 1. The summed E-state index contributed by atoms with van der Waals surface area (Å²) in [5.74, 6) is 1.22. The van der Waals surface area contributed by atoms with Crippen LogP contribution < -0.4 is 5.32 Å². The molecule has 1 aromatic heterocycles. The van der Waals surface area contributed by atoms with Crippen molar-refractivity contribution in [2.75, 3.05) is 27.2 Å². The van der Waals surface area contributed by atoms with E-state index in [0.29, 0.717) is 23.1 Å². The molecule has 40 heavy (non-hydrogen) atoms. The molecule has 1 heterocycles. The zero-order valence-corrected chi connectivity index (χ0v) is 25.0. The average molecular weight is 540 g/mol. The van der Waals surface area contributed by atoms with Gasteiger partial charge in [-0.25, -0.2) is 0 Å². The maximum absolute atomic E-state index is 12.8. The van der Waals surface area contributed by atoms with Gasteiger partial charge in [0.05, 0.1) is 0 Å². The Morgan fingerprint density at radius 1 is 0.850 bits per heavy atom. The fraction of sp³-hybridized carbons (Fsp3) is 0.400. The molecule has 0 aliphatic heterocycles. The standard InChI is InChI=1S/C35H45N3O2/c1-23(2)27-19-28(24(3)4)21-29(20-27)34-31(32-22-26(35(40)38(5)6)12-15-33(32)37-34)16-18-36-17-8-7-9-25-10-13-30(39)14-11-25/h10-15,19-24,36-37,39H,7-9,16-18H2,1-6H3. The first-order chi connectivity index (χ1) is 19.1. The molecule has 5 heteroatoms. The normalized spacial score (nSPS) is 11.6. The summed E-state index contributed by atoms with van der Waals surface area (Å²) in [4.78, 5) is 18.1. The van der Waals surface area contributed by atoms with Gasteiger partial charge in [0.2, 0.25) is 0 Å². The molecule has 0 atom stereocenters. The first kappa shape index (κ1) is 29.4. The van der Waals surface area contributed by atoms with E-state index >= 15 is 0 Å². The van der Waals surface area contributed by atoms with Crippen LogP contribution in [0.2, 0.25) is 0 Å². The number of nitrogens with one attached hydrogen (secondary N) is 2. The smallest absolute Gasteiger partial charge is 0.253 e. The number of benzene rings is 3. The Kier molecular flexibility index (Phi) is 9.70. The third-order valence-corrected chi connectivity index (χ3v) is 7.72. The van der Waals surface area contributed by atoms with Gasteiger partial charge in [-0.05, 0) is 121 Å². The molecule has 3 aromatic carbocycles. The van der Waals surface area contributed by atoms with E-state index in [2.05, 4.69) is 62.3 Å². The number of hydrogen-bond donors (Lipinski definition) is 3. The number of amides is 1. The predicted molar refractivity (Wildman–Crippen MR) is 168 cm³/mol. The van der Waals surface area contributed by atoms with E-state index in [9.17, 15) is 9.90 Å². The summed E-state index contributed by atoms with van der Waals surface area (Å²) in [7, 11) is 3.60. The minimum absolute atomic E-state index is 0.0197. The molecule has 0 saturated carbocycles. The molecule has 4 aromatic rings. The van der Waals surface area contributed by atoms with Gasteiger partial charge in [-0.3, -0.25) is 4.79 Å². The number of carbonyl (C=O) groups is 1. The van der Waals surface area contributed by atoms with Crippen LogP contribution in [0.5, 0.6) is 5.75 Å². The van der Waals surface area contributed by atoms with Gasteiger partial charge >= 0.3 is 0 Å². The molecule has 0 saturated heterocycles. The number of fused-ring (bicyclic) bond motifs is 1. The lowest BCUT2D eigenvalue weighted by Gasteiger charge is -2.15. The number of aromatic nitrogens is 1. The minimum atomic E-state index is 0.0197. The van der Waals surface area contributed by atoms with Crippen molar-refractivity contribution in [3.05, 3.63) is 88.5 Å². The van der Waals surface area contributed by atoms with Crippen LogP contribution in [0.25, 0.3) is 22.2 Å². The highest BCUT2D eigenvalue weighted by molar-refractivity contribution is 6.00. The number of H-pyrrole nitrogens is 1. The number of hydrogen-bond acceptors (Lipinski definition) is 3. The molecule has 0 unspecified atom stereocenters. The highest BCUT2D eigenvalue weighted by atomic mass is 16.3. The van der Waals surface area contributed by atoms with Crippen molar-refractivity contribution >= 4 is 16.8 Å². The van der Waals surface area contributed by atoms with Crippen LogP contribution in [0, 0.1) is 0 Å². The van der Waals surface area contributed by atoms with Crippen LogP contribution in [0.3, 0.4) is 0 Å². The van der Waals surface area contributed by atoms with Crippen molar-refractivity contribution in [1.29, 1.82) is 0 Å². The van der Waals surface area contributed by atoms with Gasteiger partial charge in [0.1, 0.15) is 5.75 Å². The second-order valence-corrected chi connectivity index (χ2v) is 11.8. The quantitative estimate of drug-likeness (QED) is 0.162. The summed E-state index contributed by atoms with van der Waals surface area (Å²) >= 11 is 0. The van der Waals surface area contributed by atoms with Crippen molar-refractivity contribution in [3.8, 4) is 17.0 Å². The second-order valence-electron chi connectivity index (χ2n) is 11.8. The highest BCUT2D eigenvalue weighted by Gasteiger charge is 2.18. The average Bonchev–Trinajstić information content (AvgIpc) is 3.30. The molecule has 0 aliphatic carbocycles. The van der Waals surface area contributed by atoms with E-state index in [0.717, 1.165) is 55.4 Å². The summed E-state index contributed by atoms with van der Waals surface area (Å²) in [6, 6.07) is 20.5. The molecule has 5 nitrogen and oxygen atoms in total. The van der Waals surface area contributed by atoms with E-state index in [-0.39, 0.29) is 5.91 Å². The van der Waals surface area contributed by atoms with Gasteiger partial charge in [0.25, 0.3) is 5.91 Å². The second kappa shape index (κ2) is 13.2. The van der Waals surface area contributed by atoms with Crippen molar-refractivity contribution in [2.24, 2.45) is 0 Å². The summed E-state index contributed by atoms with van der Waals surface area (Å²) in [5.41, 5.74) is 9.37. The Balaban J connectivity index is 1.56. The van der Waals surface area contributed by atoms with Gasteiger partial charge < -0.3 is 20.3 Å². The van der Waals surface area contributed by atoms with Crippen LogP contribution >= 0.6 is 0 Å². The Labute approximate surface area is 239 Å². The Hall–Kier alpha value is -3.57. The van der Waals surface area contributed by atoms with Crippen LogP contribution in [0.4, 0.5) is 0 Å². The minimum Gasteiger partial charge on any atom is -0.508 e. The monoisotopic (exact) mass is 539 g/mol. The molecule has 0 radical (unpaired) electrons. The molecule has 1 amide bonds. The number of phenols is 1. The maximum Gasteiger partial charge on any atom is 0.253 e. The number of phenolic OH excluding ortho intramolecular Hbond substituents is 1. The molecule has 0 aliphatic rings. The largest absolute Gasteiger partial charge is 0.508 e. The summed E-state index contributed by atoms with van der Waals surface area (Å²) in [6.45, 7) is 10.8. The molecular formula is C35H45N3O2. The molecule has 212 valence electrons. The molecule has 0 spiro atoms. The van der Waals surface area contributed by atoms with E-state index in [4.69, 9.17) is 0 Å². The summed E-state index contributed by atoms with van der Waals surface area (Å²) < 4.78 is 0. The third-order valence-electron chi connectivity index (χ3n) is 7.72. The van der Waals surface area contributed by atoms with Crippen LogP contribution in [-0.2, 0) is 12.8 Å². The van der Waals surface area contributed by atoms with E-state index in [1.165, 1.54) is 27.8 Å². The highest BCUT2D eigenvalue weighted by Crippen LogP contribution is 2.35. The van der Waals surface area contributed by atoms with Gasteiger partial charge in [-0.2, -0.15) is 0 Å². The van der Waals surface area contributed by atoms with Crippen molar-refractivity contribution in [1.82, 2.24) is 15.2 Å². The zero-order valence-electron chi connectivity index (χ0n) is 25.0. The lowest BCUT2D eigenvalue weighted by molar-refractivity contribution is 0.0827. The number of carbonyl (C=O) groups excluding carboxylic acids is 1. The molecule has 0 fully saturated rings. The maximum atomic E-state index is 12.8. The number of rotatable bonds is 12. The van der Waals surface area contributed by atoms with Gasteiger partial charge in [0.15, 0.2) is 0 Å². The fourth-order valence-corrected chi connectivity index (χ4v) is 5.21.